The van der Waals surface area contributed by atoms with E-state index >= 15 is 0 Å². The van der Waals surface area contributed by atoms with Crippen molar-refractivity contribution < 1.29 is 19.1 Å². The number of hydrogen-bond acceptors (Lipinski definition) is 6. The molecule has 0 aliphatic rings. The van der Waals surface area contributed by atoms with Crippen LogP contribution in [-0.4, -0.2) is 35.4 Å². The van der Waals surface area contributed by atoms with Gasteiger partial charge in [-0.05, 0) is 43.3 Å². The van der Waals surface area contributed by atoms with Crippen LogP contribution in [0, 0.1) is 0 Å². The van der Waals surface area contributed by atoms with Crippen LogP contribution in [0.4, 0.5) is 5.69 Å². The lowest BCUT2D eigenvalue weighted by molar-refractivity contribution is 0.0518. The zero-order valence-electron chi connectivity index (χ0n) is 19.7. The standard InChI is InChI=1S/C28H23N3O4S/c1-3-35-28(33)22-16-24(31(30-22)23-12-5-6-13-25(23)34-2)18-9-8-10-19(15-18)29-27(32)21-17-36-26-14-7-4-11-20(21)26/h4-17H,3H2,1-2H3,(H,29,32). The molecule has 1 N–H and O–H groups in total. The molecule has 8 heteroatoms. The lowest BCUT2D eigenvalue weighted by Crippen LogP contribution is -2.11. The van der Waals surface area contributed by atoms with Crippen LogP contribution in [0.15, 0.2) is 84.2 Å². The van der Waals surface area contributed by atoms with Crippen LogP contribution in [0.2, 0.25) is 0 Å². The van der Waals surface area contributed by atoms with E-state index in [0.29, 0.717) is 28.4 Å². The number of nitrogens with one attached hydrogen (secondary N) is 1. The molecule has 0 bridgehead atoms. The molecule has 7 nitrogen and oxygen atoms in total. The van der Waals surface area contributed by atoms with Crippen molar-refractivity contribution in [3.05, 3.63) is 95.5 Å². The molecule has 0 radical (unpaired) electrons. The summed E-state index contributed by atoms with van der Waals surface area (Å²) >= 11 is 1.54. The van der Waals surface area contributed by atoms with Crippen molar-refractivity contribution in [1.82, 2.24) is 9.78 Å². The van der Waals surface area contributed by atoms with Gasteiger partial charge < -0.3 is 14.8 Å². The smallest absolute Gasteiger partial charge is 0.358 e. The number of para-hydroxylation sites is 2. The highest BCUT2D eigenvalue weighted by Gasteiger charge is 2.20. The molecule has 0 atom stereocenters. The Morgan fingerprint density at radius 2 is 1.81 bits per heavy atom. The molecule has 0 spiro atoms. The Bertz CT molecular complexity index is 1570. The molecule has 0 unspecified atom stereocenters. The molecule has 0 saturated heterocycles. The third kappa shape index (κ3) is 4.46. The van der Waals surface area contributed by atoms with Gasteiger partial charge in [0.2, 0.25) is 0 Å². The van der Waals surface area contributed by atoms with Crippen LogP contribution in [0.3, 0.4) is 0 Å². The second-order valence-electron chi connectivity index (χ2n) is 7.90. The second-order valence-corrected chi connectivity index (χ2v) is 8.81. The largest absolute Gasteiger partial charge is 0.494 e. The summed E-state index contributed by atoms with van der Waals surface area (Å²) in [5.41, 5.74) is 3.51. The topological polar surface area (TPSA) is 82.5 Å². The molecule has 3 aromatic carbocycles. The van der Waals surface area contributed by atoms with Gasteiger partial charge in [0.25, 0.3) is 5.91 Å². The number of fused-ring (bicyclic) bond motifs is 1. The second kappa shape index (κ2) is 10.1. The predicted octanol–water partition coefficient (Wildman–Crippen LogP) is 6.19. The van der Waals surface area contributed by atoms with Crippen LogP contribution in [0.5, 0.6) is 5.75 Å². The van der Waals surface area contributed by atoms with Gasteiger partial charge in [-0.15, -0.1) is 11.3 Å². The Labute approximate surface area is 211 Å². The number of benzene rings is 3. The highest BCUT2D eigenvalue weighted by molar-refractivity contribution is 7.17. The zero-order valence-corrected chi connectivity index (χ0v) is 20.5. The predicted molar refractivity (Wildman–Crippen MR) is 141 cm³/mol. The van der Waals surface area contributed by atoms with Gasteiger partial charge in [0.05, 0.1) is 25.0 Å². The minimum atomic E-state index is -0.513. The monoisotopic (exact) mass is 497 g/mol. The maximum Gasteiger partial charge on any atom is 0.358 e. The fourth-order valence-electron chi connectivity index (χ4n) is 3.99. The van der Waals surface area contributed by atoms with E-state index in [1.807, 2.05) is 78.2 Å². The first-order valence-electron chi connectivity index (χ1n) is 11.4. The fraction of sp³-hybridized carbons (Fsp3) is 0.107. The molecule has 0 aliphatic heterocycles. The van der Waals surface area contributed by atoms with E-state index in [1.54, 1.807) is 24.8 Å². The summed E-state index contributed by atoms with van der Waals surface area (Å²) in [6, 6.07) is 24.3. The molecule has 2 aromatic heterocycles. The van der Waals surface area contributed by atoms with Crippen LogP contribution < -0.4 is 10.1 Å². The average molecular weight is 498 g/mol. The van der Waals surface area contributed by atoms with Gasteiger partial charge in [0.1, 0.15) is 11.4 Å². The van der Waals surface area contributed by atoms with Gasteiger partial charge in [0.15, 0.2) is 5.69 Å². The maximum absolute atomic E-state index is 13.1. The number of methoxy groups -OCH3 is 1. The molecule has 1 amide bonds. The van der Waals surface area contributed by atoms with Gasteiger partial charge in [-0.3, -0.25) is 4.79 Å². The Morgan fingerprint density at radius 3 is 2.64 bits per heavy atom. The number of carbonyl (C=O) groups is 2. The number of esters is 1. The van der Waals surface area contributed by atoms with Gasteiger partial charge in [-0.25, -0.2) is 9.48 Å². The summed E-state index contributed by atoms with van der Waals surface area (Å²) in [7, 11) is 1.58. The van der Waals surface area contributed by atoms with Crippen LogP contribution in [0.1, 0.15) is 27.8 Å². The van der Waals surface area contributed by atoms with E-state index in [4.69, 9.17) is 9.47 Å². The molecule has 0 aliphatic carbocycles. The van der Waals surface area contributed by atoms with Crippen LogP contribution in [-0.2, 0) is 4.74 Å². The number of carbonyl (C=O) groups excluding carboxylic acids is 2. The SMILES string of the molecule is CCOC(=O)c1cc(-c2cccc(NC(=O)c3csc4ccccc34)c2)n(-c2ccccc2OC)n1. The number of aromatic nitrogens is 2. The number of hydrogen-bond donors (Lipinski definition) is 1. The maximum atomic E-state index is 13.1. The number of anilines is 1. The van der Waals surface area contributed by atoms with Crippen molar-refractivity contribution in [2.75, 3.05) is 19.0 Å². The molecule has 2 heterocycles. The van der Waals surface area contributed by atoms with Crippen molar-refractivity contribution in [2.24, 2.45) is 0 Å². The number of ether oxygens (including phenoxy) is 2. The number of nitrogens with zero attached hydrogens (tertiary/aromatic N) is 2. The molecule has 0 fully saturated rings. The quantitative estimate of drug-likeness (QED) is 0.271. The summed E-state index contributed by atoms with van der Waals surface area (Å²) in [5.74, 6) is -0.0951. The first kappa shape index (κ1) is 23.3. The van der Waals surface area contributed by atoms with E-state index in [9.17, 15) is 9.59 Å². The number of rotatable bonds is 7. The molecular weight excluding hydrogens is 474 g/mol. The first-order chi connectivity index (χ1) is 17.6. The number of amides is 1. The lowest BCUT2D eigenvalue weighted by atomic mass is 10.1. The highest BCUT2D eigenvalue weighted by Crippen LogP contribution is 2.31. The highest BCUT2D eigenvalue weighted by atomic mass is 32.1. The summed E-state index contributed by atoms with van der Waals surface area (Å²) in [5, 5.41) is 10.3. The van der Waals surface area contributed by atoms with Gasteiger partial charge in [-0.1, -0.05) is 42.5 Å². The molecule has 5 rings (SSSR count). The molecule has 0 saturated carbocycles. The Hall–Kier alpha value is -4.43. The van der Waals surface area contributed by atoms with Crippen molar-refractivity contribution >= 4 is 39.0 Å². The van der Waals surface area contributed by atoms with E-state index < -0.39 is 5.97 Å². The van der Waals surface area contributed by atoms with Gasteiger partial charge in [-0.2, -0.15) is 5.10 Å². The first-order valence-corrected chi connectivity index (χ1v) is 12.3. The molecule has 36 heavy (non-hydrogen) atoms. The summed E-state index contributed by atoms with van der Waals surface area (Å²) in [6.45, 7) is 1.99. The summed E-state index contributed by atoms with van der Waals surface area (Å²) < 4.78 is 13.4. The molecular formula is C28H23N3O4S. The number of thiophene rings is 1. The normalized spacial score (nSPS) is 10.8. The van der Waals surface area contributed by atoms with Gasteiger partial charge in [0, 0.05) is 26.7 Å². The Morgan fingerprint density at radius 1 is 1.00 bits per heavy atom. The minimum Gasteiger partial charge on any atom is -0.494 e. The van der Waals surface area contributed by atoms with Crippen LogP contribution in [0.25, 0.3) is 27.0 Å². The van der Waals surface area contributed by atoms with E-state index in [0.717, 1.165) is 15.6 Å². The van der Waals surface area contributed by atoms with E-state index in [-0.39, 0.29) is 18.2 Å². The van der Waals surface area contributed by atoms with Crippen molar-refractivity contribution in [2.45, 2.75) is 6.92 Å². The van der Waals surface area contributed by atoms with Crippen molar-refractivity contribution in [3.63, 3.8) is 0 Å². The summed E-state index contributed by atoms with van der Waals surface area (Å²) in [4.78, 5) is 25.6. The fourth-order valence-corrected chi connectivity index (χ4v) is 4.93. The summed E-state index contributed by atoms with van der Waals surface area (Å²) in [6.07, 6.45) is 0. The molecule has 5 aromatic rings. The van der Waals surface area contributed by atoms with E-state index in [1.165, 1.54) is 11.3 Å². The van der Waals surface area contributed by atoms with Crippen LogP contribution >= 0.6 is 11.3 Å². The average Bonchev–Trinajstić information content (AvgIpc) is 3.54. The third-order valence-corrected chi connectivity index (χ3v) is 6.61. The Kier molecular flexibility index (Phi) is 6.51. The minimum absolute atomic E-state index is 0.178. The van der Waals surface area contributed by atoms with Crippen molar-refractivity contribution in [1.29, 1.82) is 0 Å². The molecule has 180 valence electrons. The Balaban J connectivity index is 1.53. The third-order valence-electron chi connectivity index (χ3n) is 5.65. The van der Waals surface area contributed by atoms with E-state index in [2.05, 4.69) is 10.4 Å². The zero-order chi connectivity index (χ0) is 25.1. The lowest BCUT2D eigenvalue weighted by Gasteiger charge is -2.12. The van der Waals surface area contributed by atoms with Crippen molar-refractivity contribution in [3.8, 4) is 22.7 Å². The van der Waals surface area contributed by atoms with Gasteiger partial charge >= 0.3 is 5.97 Å².